The molecule has 2 rings (SSSR count). The van der Waals surface area contributed by atoms with Crippen LogP contribution in [-0.2, 0) is 4.74 Å². The number of hydrogen-bond donors (Lipinski definition) is 0. The molecule has 0 spiro atoms. The summed E-state index contributed by atoms with van der Waals surface area (Å²) in [4.78, 5) is 18.7. The Morgan fingerprint density at radius 2 is 1.95 bits per heavy atom. The number of hydrogen-bond acceptors (Lipinski definition) is 4. The second kappa shape index (κ2) is 8.53. The lowest BCUT2D eigenvalue weighted by atomic mass is 10.0. The first-order valence-electron chi connectivity index (χ1n) is 8.64. The number of piperidine rings is 1. The summed E-state index contributed by atoms with van der Waals surface area (Å²) in [5, 5.41) is 0. The number of rotatable bonds is 4. The van der Waals surface area contributed by atoms with Crippen molar-refractivity contribution in [1.29, 1.82) is 0 Å². The topological polar surface area (TPSA) is 36.0 Å². The highest BCUT2D eigenvalue weighted by atomic mass is 16.6. The second-order valence-electron chi connectivity index (χ2n) is 6.39. The van der Waals surface area contributed by atoms with Gasteiger partial charge in [-0.1, -0.05) is 11.6 Å². The van der Waals surface area contributed by atoms with Gasteiger partial charge in [0, 0.05) is 45.3 Å². The molecule has 0 bridgehead atoms. The molecule has 5 nitrogen and oxygen atoms in total. The van der Waals surface area contributed by atoms with E-state index in [0.29, 0.717) is 12.6 Å². The van der Waals surface area contributed by atoms with Crippen LogP contribution >= 0.6 is 0 Å². The maximum atomic E-state index is 11.8. The smallest absolute Gasteiger partial charge is 0.409 e. The minimum absolute atomic E-state index is 0.156. The van der Waals surface area contributed by atoms with Crippen molar-refractivity contribution < 1.29 is 9.53 Å². The van der Waals surface area contributed by atoms with Gasteiger partial charge in [-0.25, -0.2) is 4.79 Å². The molecule has 0 N–H and O–H groups in total. The molecule has 2 aliphatic rings. The number of likely N-dealkylation sites (tertiary alicyclic amines) is 1. The van der Waals surface area contributed by atoms with Crippen LogP contribution in [0.3, 0.4) is 0 Å². The summed E-state index contributed by atoms with van der Waals surface area (Å²) in [6, 6.07) is 0.641. The Bertz CT molecular complexity index is 389. The van der Waals surface area contributed by atoms with Crippen LogP contribution in [0.4, 0.5) is 4.79 Å². The SMILES string of the molecule is CC=C(C)CN1CCCC(N2CCN(C(=O)OCC)CC2)C1. The summed E-state index contributed by atoms with van der Waals surface area (Å²) in [6.45, 7) is 13.6. The summed E-state index contributed by atoms with van der Waals surface area (Å²) in [7, 11) is 0. The Labute approximate surface area is 134 Å². The first kappa shape index (κ1) is 17.3. The maximum absolute atomic E-state index is 11.8. The third-order valence-electron chi connectivity index (χ3n) is 4.80. The van der Waals surface area contributed by atoms with Gasteiger partial charge in [-0.05, 0) is 40.2 Å². The largest absolute Gasteiger partial charge is 0.450 e. The zero-order chi connectivity index (χ0) is 15.9. The van der Waals surface area contributed by atoms with Crippen LogP contribution < -0.4 is 0 Å². The normalized spacial score (nSPS) is 25.3. The fourth-order valence-corrected chi connectivity index (χ4v) is 3.40. The number of ether oxygens (including phenoxy) is 1. The molecule has 1 amide bonds. The number of carbonyl (C=O) groups is 1. The molecule has 2 saturated heterocycles. The standard InChI is InChI=1S/C17H31N3O2/c1-4-15(3)13-18-8-6-7-16(14-18)19-9-11-20(12-10-19)17(21)22-5-2/h4,16H,5-14H2,1-3H3. The molecule has 2 aliphatic heterocycles. The molecule has 0 aromatic rings. The van der Waals surface area contributed by atoms with E-state index in [9.17, 15) is 4.79 Å². The molecule has 2 heterocycles. The van der Waals surface area contributed by atoms with E-state index in [0.717, 1.165) is 39.3 Å². The van der Waals surface area contributed by atoms with E-state index in [1.54, 1.807) is 0 Å². The van der Waals surface area contributed by atoms with Crippen molar-refractivity contribution in [2.45, 2.75) is 39.7 Å². The fraction of sp³-hybridized carbons (Fsp3) is 0.824. The average molecular weight is 309 g/mol. The molecule has 0 radical (unpaired) electrons. The van der Waals surface area contributed by atoms with Crippen LogP contribution in [0.25, 0.3) is 0 Å². The van der Waals surface area contributed by atoms with Crippen molar-refractivity contribution in [2.75, 3.05) is 52.4 Å². The third-order valence-corrected chi connectivity index (χ3v) is 4.80. The molecule has 1 unspecified atom stereocenters. The van der Waals surface area contributed by atoms with Crippen LogP contribution in [0.15, 0.2) is 11.6 Å². The van der Waals surface area contributed by atoms with Gasteiger partial charge in [0.25, 0.3) is 0 Å². The summed E-state index contributed by atoms with van der Waals surface area (Å²) in [5.74, 6) is 0. The molecule has 5 heteroatoms. The Kier molecular flexibility index (Phi) is 6.70. The zero-order valence-electron chi connectivity index (χ0n) is 14.4. The highest BCUT2D eigenvalue weighted by Gasteiger charge is 2.29. The van der Waals surface area contributed by atoms with E-state index >= 15 is 0 Å². The van der Waals surface area contributed by atoms with Gasteiger partial charge in [0.2, 0.25) is 0 Å². The Balaban J connectivity index is 1.79. The predicted molar refractivity (Wildman–Crippen MR) is 89.1 cm³/mol. The van der Waals surface area contributed by atoms with Crippen molar-refractivity contribution >= 4 is 6.09 Å². The Morgan fingerprint density at radius 3 is 2.59 bits per heavy atom. The van der Waals surface area contributed by atoms with Gasteiger partial charge in [-0.15, -0.1) is 0 Å². The van der Waals surface area contributed by atoms with Crippen molar-refractivity contribution in [3.8, 4) is 0 Å². The first-order valence-corrected chi connectivity index (χ1v) is 8.64. The van der Waals surface area contributed by atoms with E-state index in [-0.39, 0.29) is 6.09 Å². The highest BCUT2D eigenvalue weighted by Crippen LogP contribution is 2.18. The number of carbonyl (C=O) groups excluding carboxylic acids is 1. The van der Waals surface area contributed by atoms with Crippen LogP contribution in [0.2, 0.25) is 0 Å². The molecule has 0 aromatic heterocycles. The van der Waals surface area contributed by atoms with Gasteiger partial charge in [-0.3, -0.25) is 9.80 Å². The van der Waals surface area contributed by atoms with Gasteiger partial charge in [0.1, 0.15) is 0 Å². The lowest BCUT2D eigenvalue weighted by Gasteiger charge is -2.43. The zero-order valence-corrected chi connectivity index (χ0v) is 14.4. The van der Waals surface area contributed by atoms with E-state index in [4.69, 9.17) is 4.74 Å². The predicted octanol–water partition coefficient (Wildman–Crippen LogP) is 2.19. The number of amides is 1. The molecular weight excluding hydrogens is 278 g/mol. The lowest BCUT2D eigenvalue weighted by Crippen LogP contribution is -2.56. The summed E-state index contributed by atoms with van der Waals surface area (Å²) in [6.07, 6.45) is 4.61. The number of allylic oxidation sites excluding steroid dienone is 1. The summed E-state index contributed by atoms with van der Waals surface area (Å²) in [5.41, 5.74) is 1.45. The van der Waals surface area contributed by atoms with Gasteiger partial charge >= 0.3 is 6.09 Å². The number of piperazine rings is 1. The monoisotopic (exact) mass is 309 g/mol. The van der Waals surface area contributed by atoms with E-state index in [2.05, 4.69) is 29.7 Å². The van der Waals surface area contributed by atoms with Crippen molar-refractivity contribution in [3.63, 3.8) is 0 Å². The van der Waals surface area contributed by atoms with Crippen LogP contribution in [-0.4, -0.2) is 79.3 Å². The Morgan fingerprint density at radius 1 is 1.23 bits per heavy atom. The molecule has 126 valence electrons. The molecule has 0 saturated carbocycles. The summed E-state index contributed by atoms with van der Waals surface area (Å²) >= 11 is 0. The quantitative estimate of drug-likeness (QED) is 0.746. The molecular formula is C17H31N3O2. The van der Waals surface area contributed by atoms with Gasteiger partial charge in [-0.2, -0.15) is 0 Å². The highest BCUT2D eigenvalue weighted by molar-refractivity contribution is 5.67. The molecule has 1 atom stereocenters. The minimum Gasteiger partial charge on any atom is -0.450 e. The Hall–Kier alpha value is -1.07. The molecule has 22 heavy (non-hydrogen) atoms. The van der Waals surface area contributed by atoms with E-state index in [1.807, 2.05) is 11.8 Å². The van der Waals surface area contributed by atoms with Crippen LogP contribution in [0.5, 0.6) is 0 Å². The lowest BCUT2D eigenvalue weighted by molar-refractivity contribution is 0.0445. The van der Waals surface area contributed by atoms with Crippen molar-refractivity contribution in [3.05, 3.63) is 11.6 Å². The molecule has 0 aromatic carbocycles. The maximum Gasteiger partial charge on any atom is 0.409 e. The van der Waals surface area contributed by atoms with E-state index in [1.165, 1.54) is 25.0 Å². The minimum atomic E-state index is -0.156. The molecule has 0 aliphatic carbocycles. The van der Waals surface area contributed by atoms with E-state index < -0.39 is 0 Å². The van der Waals surface area contributed by atoms with Gasteiger partial charge in [0.15, 0.2) is 0 Å². The van der Waals surface area contributed by atoms with Crippen molar-refractivity contribution in [1.82, 2.24) is 14.7 Å². The average Bonchev–Trinajstić information content (AvgIpc) is 2.55. The first-order chi connectivity index (χ1) is 10.6. The number of nitrogens with zero attached hydrogens (tertiary/aromatic N) is 3. The van der Waals surface area contributed by atoms with Crippen LogP contribution in [0.1, 0.15) is 33.6 Å². The van der Waals surface area contributed by atoms with Crippen LogP contribution in [0, 0.1) is 0 Å². The fourth-order valence-electron chi connectivity index (χ4n) is 3.40. The molecule has 2 fully saturated rings. The third kappa shape index (κ3) is 4.71. The van der Waals surface area contributed by atoms with Gasteiger partial charge < -0.3 is 9.64 Å². The summed E-state index contributed by atoms with van der Waals surface area (Å²) < 4.78 is 5.09. The van der Waals surface area contributed by atoms with Gasteiger partial charge in [0.05, 0.1) is 6.61 Å². The second-order valence-corrected chi connectivity index (χ2v) is 6.39. The van der Waals surface area contributed by atoms with Crippen molar-refractivity contribution in [2.24, 2.45) is 0 Å².